The number of aromatic nitrogens is 1. The first-order valence-electron chi connectivity index (χ1n) is 11.1. The zero-order valence-electron chi connectivity index (χ0n) is 19.7. The minimum absolute atomic E-state index is 0.263. The summed E-state index contributed by atoms with van der Waals surface area (Å²) in [5.41, 5.74) is 2.06. The number of ether oxygens (including phenoxy) is 2. The first kappa shape index (κ1) is 25.2. The fraction of sp³-hybridized carbons (Fsp3) is 0.269. The van der Waals surface area contributed by atoms with Gasteiger partial charge in [-0.15, -0.1) is 0 Å². The monoisotopic (exact) mass is 530 g/mol. The number of fused-ring (bicyclic) bond motifs is 1. The van der Waals surface area contributed by atoms with Gasteiger partial charge in [-0.3, -0.25) is 9.36 Å². The third-order valence-electron chi connectivity index (χ3n) is 5.33. The molecule has 1 aliphatic heterocycles. The predicted molar refractivity (Wildman–Crippen MR) is 139 cm³/mol. The van der Waals surface area contributed by atoms with Gasteiger partial charge in [-0.05, 0) is 69.2 Å². The Labute approximate surface area is 216 Å². The molecule has 0 radical (unpaired) electrons. The molecule has 6 nitrogen and oxygen atoms in total. The van der Waals surface area contributed by atoms with Crippen LogP contribution >= 0.6 is 34.5 Å². The van der Waals surface area contributed by atoms with Crippen LogP contribution in [-0.4, -0.2) is 23.2 Å². The van der Waals surface area contributed by atoms with Gasteiger partial charge in [0.25, 0.3) is 5.56 Å². The molecule has 1 aromatic heterocycles. The third-order valence-corrected chi connectivity index (χ3v) is 7.05. The number of esters is 1. The van der Waals surface area contributed by atoms with Gasteiger partial charge in [-0.1, -0.05) is 52.7 Å². The maximum atomic E-state index is 13.6. The molecule has 1 atom stereocenters. The number of thiazole rings is 1. The molecular formula is C26H24Cl2N2O4S. The van der Waals surface area contributed by atoms with E-state index in [1.807, 2.05) is 31.2 Å². The lowest BCUT2D eigenvalue weighted by atomic mass is 9.96. The fourth-order valence-electron chi connectivity index (χ4n) is 3.84. The van der Waals surface area contributed by atoms with Crippen LogP contribution in [0.4, 0.5) is 0 Å². The standard InChI is InChI=1S/C26H24Cl2N2O4S/c1-5-33-18-9-7-17(8-10-18)23-22(25(32)34-14(2)3)15(4)29-26-30(23)24(31)21(35-26)13-16-6-11-19(27)20(28)12-16/h6-14,23H,5H2,1-4H3. The predicted octanol–water partition coefficient (Wildman–Crippen LogP) is 4.89. The Bertz CT molecular complexity index is 1490. The van der Waals surface area contributed by atoms with E-state index in [1.54, 1.807) is 49.6 Å². The highest BCUT2D eigenvalue weighted by Crippen LogP contribution is 2.32. The second-order valence-electron chi connectivity index (χ2n) is 8.21. The van der Waals surface area contributed by atoms with E-state index in [0.29, 0.717) is 43.0 Å². The highest BCUT2D eigenvalue weighted by molar-refractivity contribution is 7.07. The molecule has 0 saturated carbocycles. The second-order valence-corrected chi connectivity index (χ2v) is 10.0. The second kappa shape index (κ2) is 10.4. The van der Waals surface area contributed by atoms with E-state index in [4.69, 9.17) is 32.7 Å². The van der Waals surface area contributed by atoms with Crippen LogP contribution in [0.2, 0.25) is 10.0 Å². The van der Waals surface area contributed by atoms with Crippen LogP contribution in [0.5, 0.6) is 5.75 Å². The van der Waals surface area contributed by atoms with Crippen LogP contribution in [-0.2, 0) is 9.53 Å². The van der Waals surface area contributed by atoms with Crippen molar-refractivity contribution in [2.45, 2.75) is 39.8 Å². The molecule has 182 valence electrons. The summed E-state index contributed by atoms with van der Waals surface area (Å²) in [6, 6.07) is 11.8. The first-order chi connectivity index (χ1) is 16.7. The first-order valence-corrected chi connectivity index (χ1v) is 12.7. The van der Waals surface area contributed by atoms with E-state index >= 15 is 0 Å². The zero-order valence-corrected chi connectivity index (χ0v) is 22.0. The molecule has 1 aliphatic rings. The summed E-state index contributed by atoms with van der Waals surface area (Å²) in [7, 11) is 0. The van der Waals surface area contributed by atoms with Crippen molar-refractivity contribution in [3.8, 4) is 5.75 Å². The van der Waals surface area contributed by atoms with Gasteiger partial charge in [-0.2, -0.15) is 0 Å². The van der Waals surface area contributed by atoms with Crippen molar-refractivity contribution >= 4 is 46.6 Å². The quantitative estimate of drug-likeness (QED) is 0.425. The van der Waals surface area contributed by atoms with Gasteiger partial charge in [0, 0.05) is 0 Å². The topological polar surface area (TPSA) is 69.9 Å². The normalized spacial score (nSPS) is 15.7. The summed E-state index contributed by atoms with van der Waals surface area (Å²) in [4.78, 5) is 31.9. The minimum Gasteiger partial charge on any atom is -0.494 e. The number of hydrogen-bond donors (Lipinski definition) is 0. The van der Waals surface area contributed by atoms with E-state index in [9.17, 15) is 9.59 Å². The Hall–Kier alpha value is -2.87. The fourth-order valence-corrected chi connectivity index (χ4v) is 5.20. The maximum Gasteiger partial charge on any atom is 0.338 e. The van der Waals surface area contributed by atoms with Crippen molar-refractivity contribution < 1.29 is 14.3 Å². The number of halogens is 2. The molecule has 9 heteroatoms. The van der Waals surface area contributed by atoms with Crippen molar-refractivity contribution in [2.75, 3.05) is 6.61 Å². The maximum absolute atomic E-state index is 13.6. The van der Waals surface area contributed by atoms with Gasteiger partial charge in [0.2, 0.25) is 0 Å². The summed E-state index contributed by atoms with van der Waals surface area (Å²) in [6.07, 6.45) is 1.43. The highest BCUT2D eigenvalue weighted by Gasteiger charge is 2.33. The van der Waals surface area contributed by atoms with E-state index < -0.39 is 12.0 Å². The van der Waals surface area contributed by atoms with Crippen LogP contribution in [0.25, 0.3) is 6.08 Å². The summed E-state index contributed by atoms with van der Waals surface area (Å²) in [5.74, 6) is 0.203. The smallest absolute Gasteiger partial charge is 0.338 e. The van der Waals surface area contributed by atoms with Crippen molar-refractivity contribution in [1.29, 1.82) is 0 Å². The van der Waals surface area contributed by atoms with Crippen LogP contribution < -0.4 is 19.6 Å². The zero-order chi connectivity index (χ0) is 25.3. The molecule has 35 heavy (non-hydrogen) atoms. The minimum atomic E-state index is -0.691. The average Bonchev–Trinajstić information content (AvgIpc) is 3.10. The number of benzene rings is 2. The Morgan fingerprint density at radius 3 is 2.51 bits per heavy atom. The number of allylic oxidation sites excluding steroid dienone is 1. The van der Waals surface area contributed by atoms with Gasteiger partial charge in [0.15, 0.2) is 4.80 Å². The molecule has 1 unspecified atom stereocenters. The average molecular weight is 531 g/mol. The summed E-state index contributed by atoms with van der Waals surface area (Å²) >= 11 is 13.4. The highest BCUT2D eigenvalue weighted by atomic mass is 35.5. The van der Waals surface area contributed by atoms with Gasteiger partial charge in [0.05, 0.1) is 44.6 Å². The molecule has 3 aromatic rings. The number of rotatable bonds is 6. The van der Waals surface area contributed by atoms with E-state index in [-0.39, 0.29) is 11.7 Å². The van der Waals surface area contributed by atoms with Gasteiger partial charge >= 0.3 is 5.97 Å². The van der Waals surface area contributed by atoms with E-state index in [2.05, 4.69) is 4.99 Å². The van der Waals surface area contributed by atoms with Crippen LogP contribution in [0.1, 0.15) is 44.9 Å². The summed E-state index contributed by atoms with van der Waals surface area (Å²) in [5, 5.41) is 0.833. The number of carbonyl (C=O) groups excluding carboxylic acids is 1. The van der Waals surface area contributed by atoms with E-state index in [1.165, 1.54) is 11.3 Å². The van der Waals surface area contributed by atoms with Gasteiger partial charge in [-0.25, -0.2) is 9.79 Å². The molecule has 2 aromatic carbocycles. The number of nitrogens with zero attached hydrogens (tertiary/aromatic N) is 2. The molecule has 4 rings (SSSR count). The van der Waals surface area contributed by atoms with Crippen LogP contribution in [0.15, 0.2) is 63.5 Å². The number of hydrogen-bond acceptors (Lipinski definition) is 6. The Kier molecular flexibility index (Phi) is 7.50. The molecule has 0 saturated heterocycles. The molecule has 0 N–H and O–H groups in total. The molecular weight excluding hydrogens is 507 g/mol. The SMILES string of the molecule is CCOc1ccc(C2C(C(=O)OC(C)C)=C(C)N=c3sc(=Cc4ccc(Cl)c(Cl)c4)c(=O)n32)cc1. The van der Waals surface area contributed by atoms with Crippen molar-refractivity contribution in [2.24, 2.45) is 4.99 Å². The van der Waals surface area contributed by atoms with Crippen LogP contribution in [0, 0.1) is 0 Å². The number of carbonyl (C=O) groups is 1. The van der Waals surface area contributed by atoms with Gasteiger partial charge < -0.3 is 9.47 Å². The molecule has 0 amide bonds. The lowest BCUT2D eigenvalue weighted by Crippen LogP contribution is -2.40. The lowest BCUT2D eigenvalue weighted by Gasteiger charge is -2.25. The Balaban J connectivity index is 1.91. The van der Waals surface area contributed by atoms with Crippen LogP contribution in [0.3, 0.4) is 0 Å². The third kappa shape index (κ3) is 5.22. The largest absolute Gasteiger partial charge is 0.494 e. The lowest BCUT2D eigenvalue weighted by molar-refractivity contribution is -0.143. The van der Waals surface area contributed by atoms with Crippen molar-refractivity contribution in [3.63, 3.8) is 0 Å². The van der Waals surface area contributed by atoms with E-state index in [0.717, 1.165) is 11.1 Å². The molecule has 2 heterocycles. The summed E-state index contributed by atoms with van der Waals surface area (Å²) < 4.78 is 13.1. The molecule has 0 bridgehead atoms. The van der Waals surface area contributed by atoms with Crippen molar-refractivity contribution in [3.05, 3.63) is 94.6 Å². The Morgan fingerprint density at radius 1 is 1.17 bits per heavy atom. The molecule has 0 spiro atoms. The van der Waals surface area contributed by atoms with Gasteiger partial charge in [0.1, 0.15) is 5.75 Å². The van der Waals surface area contributed by atoms with Crippen molar-refractivity contribution in [1.82, 2.24) is 4.57 Å². The Morgan fingerprint density at radius 2 is 1.89 bits per heavy atom. The molecule has 0 fully saturated rings. The molecule has 0 aliphatic carbocycles. The summed E-state index contributed by atoms with van der Waals surface area (Å²) in [6.45, 7) is 7.77.